The van der Waals surface area contributed by atoms with Gasteiger partial charge in [-0.3, -0.25) is 14.5 Å². The van der Waals surface area contributed by atoms with E-state index in [1.54, 1.807) is 12.1 Å². The summed E-state index contributed by atoms with van der Waals surface area (Å²) in [5.74, 6) is -2.37. The van der Waals surface area contributed by atoms with E-state index in [0.717, 1.165) is 19.2 Å². The van der Waals surface area contributed by atoms with Crippen LogP contribution in [0.4, 0.5) is 4.39 Å². The lowest BCUT2D eigenvalue weighted by molar-refractivity contribution is -0.140. The highest BCUT2D eigenvalue weighted by molar-refractivity contribution is 6.46. The van der Waals surface area contributed by atoms with E-state index in [2.05, 4.69) is 4.90 Å². The molecule has 3 heterocycles. The van der Waals surface area contributed by atoms with Gasteiger partial charge in [0.2, 0.25) is 0 Å². The lowest BCUT2D eigenvalue weighted by atomic mass is 9.99. The number of furan rings is 1. The highest BCUT2D eigenvalue weighted by Crippen LogP contribution is 2.39. The Labute approximate surface area is 178 Å². The predicted molar refractivity (Wildman–Crippen MR) is 108 cm³/mol. The molecule has 0 aliphatic carbocycles. The van der Waals surface area contributed by atoms with Crippen LogP contribution in [0, 0.1) is 5.82 Å². The van der Waals surface area contributed by atoms with Crippen molar-refractivity contribution in [1.82, 2.24) is 9.80 Å². The van der Waals surface area contributed by atoms with Crippen molar-refractivity contribution in [1.29, 1.82) is 0 Å². The number of benzene rings is 1. The van der Waals surface area contributed by atoms with Crippen molar-refractivity contribution in [2.24, 2.45) is 0 Å². The maximum atomic E-state index is 14.2. The van der Waals surface area contributed by atoms with Gasteiger partial charge in [-0.15, -0.1) is 0 Å². The summed E-state index contributed by atoms with van der Waals surface area (Å²) in [6.45, 7) is 3.52. The average Bonchev–Trinajstić information content (AvgIpc) is 3.40. The molecule has 164 valence electrons. The van der Waals surface area contributed by atoms with Gasteiger partial charge in [-0.1, -0.05) is 0 Å². The van der Waals surface area contributed by atoms with E-state index >= 15 is 0 Å². The first-order valence-electron chi connectivity index (χ1n) is 9.97. The molecule has 0 radical (unpaired) electrons. The van der Waals surface area contributed by atoms with Crippen molar-refractivity contribution in [3.8, 4) is 5.75 Å². The van der Waals surface area contributed by atoms with Gasteiger partial charge in [-0.05, 0) is 30.3 Å². The molecular formula is C22H23FN2O6. The second kappa shape index (κ2) is 8.91. The van der Waals surface area contributed by atoms with Gasteiger partial charge < -0.3 is 23.9 Å². The summed E-state index contributed by atoms with van der Waals surface area (Å²) >= 11 is 0. The Hall–Kier alpha value is -3.17. The van der Waals surface area contributed by atoms with Gasteiger partial charge in [-0.2, -0.15) is 0 Å². The third-order valence-electron chi connectivity index (χ3n) is 5.54. The molecule has 0 spiro atoms. The summed E-state index contributed by atoms with van der Waals surface area (Å²) < 4.78 is 29.9. The van der Waals surface area contributed by atoms with Crippen molar-refractivity contribution in [3.05, 3.63) is 59.3 Å². The third kappa shape index (κ3) is 4.06. The zero-order chi connectivity index (χ0) is 22.0. The van der Waals surface area contributed by atoms with Crippen molar-refractivity contribution in [2.45, 2.75) is 6.04 Å². The molecule has 4 rings (SSSR count). The Kier molecular flexibility index (Phi) is 6.06. The summed E-state index contributed by atoms with van der Waals surface area (Å²) in [7, 11) is 1.33. The van der Waals surface area contributed by atoms with Crippen LogP contribution in [-0.2, 0) is 14.3 Å². The fourth-order valence-corrected chi connectivity index (χ4v) is 3.90. The molecule has 1 aromatic heterocycles. The van der Waals surface area contributed by atoms with Crippen LogP contribution in [0.2, 0.25) is 0 Å². The number of halogens is 1. The van der Waals surface area contributed by atoms with E-state index in [9.17, 15) is 19.1 Å². The van der Waals surface area contributed by atoms with E-state index in [1.807, 2.05) is 0 Å². The number of likely N-dealkylation sites (tertiary alicyclic amines) is 1. The number of aliphatic hydroxyl groups is 1. The van der Waals surface area contributed by atoms with Gasteiger partial charge >= 0.3 is 0 Å². The van der Waals surface area contributed by atoms with Gasteiger partial charge in [0.15, 0.2) is 11.6 Å². The molecule has 0 saturated carbocycles. The number of hydrogen-bond acceptors (Lipinski definition) is 7. The molecule has 2 aliphatic rings. The number of Topliss-reactive ketones (excluding diaryl/α,β-unsaturated/α-hetero) is 1. The quantitative estimate of drug-likeness (QED) is 0.427. The molecule has 8 nitrogen and oxygen atoms in total. The van der Waals surface area contributed by atoms with Crippen LogP contribution in [0.25, 0.3) is 5.76 Å². The molecule has 1 N–H and O–H groups in total. The van der Waals surface area contributed by atoms with Gasteiger partial charge in [0.05, 0.1) is 32.2 Å². The van der Waals surface area contributed by atoms with Crippen LogP contribution in [0.5, 0.6) is 5.75 Å². The molecule has 2 aromatic rings. The second-order valence-electron chi connectivity index (χ2n) is 7.31. The first kappa shape index (κ1) is 21.1. The number of methoxy groups -OCH3 is 1. The number of carbonyl (C=O) groups excluding carboxylic acids is 2. The number of amides is 1. The summed E-state index contributed by atoms with van der Waals surface area (Å²) in [5.41, 5.74) is -0.0625. The highest BCUT2D eigenvalue weighted by atomic mass is 19.1. The number of hydrogen-bond donors (Lipinski definition) is 1. The van der Waals surface area contributed by atoms with Crippen molar-refractivity contribution < 1.29 is 33.0 Å². The predicted octanol–water partition coefficient (Wildman–Crippen LogP) is 2.18. The topological polar surface area (TPSA) is 92.5 Å². The molecule has 1 unspecified atom stereocenters. The number of rotatable bonds is 6. The first-order chi connectivity index (χ1) is 15.0. The lowest BCUT2D eigenvalue weighted by Gasteiger charge is -2.30. The van der Waals surface area contributed by atoms with Crippen LogP contribution in [0.3, 0.4) is 0 Å². The smallest absolute Gasteiger partial charge is 0.295 e. The Balaban J connectivity index is 1.70. The Morgan fingerprint density at radius 1 is 1.23 bits per heavy atom. The summed E-state index contributed by atoms with van der Waals surface area (Å²) in [4.78, 5) is 29.3. The fraction of sp³-hybridized carbons (Fsp3) is 0.364. The summed E-state index contributed by atoms with van der Waals surface area (Å²) in [6.07, 6.45) is 1.43. The highest BCUT2D eigenvalue weighted by Gasteiger charge is 2.47. The number of ether oxygens (including phenoxy) is 2. The van der Waals surface area contributed by atoms with Crippen LogP contribution in [0.15, 0.2) is 46.6 Å². The molecule has 1 aromatic carbocycles. The van der Waals surface area contributed by atoms with Gasteiger partial charge in [-0.25, -0.2) is 4.39 Å². The maximum absolute atomic E-state index is 14.2. The van der Waals surface area contributed by atoms with Crippen molar-refractivity contribution in [3.63, 3.8) is 0 Å². The SMILES string of the molecule is COc1ccc(C(O)=C2C(=O)C(=O)N(CCN3CCOCC3)C2c2ccco2)cc1F. The molecule has 1 amide bonds. The Morgan fingerprint density at radius 3 is 2.65 bits per heavy atom. The monoisotopic (exact) mass is 430 g/mol. The molecule has 1 atom stereocenters. The summed E-state index contributed by atoms with van der Waals surface area (Å²) in [6, 6.07) is 6.22. The van der Waals surface area contributed by atoms with E-state index in [0.29, 0.717) is 25.5 Å². The minimum atomic E-state index is -0.902. The molecule has 0 bridgehead atoms. The average molecular weight is 430 g/mol. The number of ketones is 1. The van der Waals surface area contributed by atoms with Crippen LogP contribution >= 0.6 is 0 Å². The summed E-state index contributed by atoms with van der Waals surface area (Å²) in [5, 5.41) is 10.9. The molecule has 9 heteroatoms. The Bertz CT molecular complexity index is 997. The Morgan fingerprint density at radius 2 is 2.00 bits per heavy atom. The minimum absolute atomic E-state index is 0.00472. The molecule has 2 fully saturated rings. The van der Waals surface area contributed by atoms with Gasteiger partial charge in [0.1, 0.15) is 17.6 Å². The van der Waals surface area contributed by atoms with E-state index < -0.39 is 29.3 Å². The first-order valence-corrected chi connectivity index (χ1v) is 9.97. The van der Waals surface area contributed by atoms with E-state index in [4.69, 9.17) is 13.9 Å². The van der Waals surface area contributed by atoms with Crippen molar-refractivity contribution >= 4 is 17.4 Å². The number of aliphatic hydroxyl groups excluding tert-OH is 1. The maximum Gasteiger partial charge on any atom is 0.295 e. The normalized spacial score (nSPS) is 21.6. The second-order valence-corrected chi connectivity index (χ2v) is 7.31. The lowest BCUT2D eigenvalue weighted by Crippen LogP contribution is -2.42. The zero-order valence-electron chi connectivity index (χ0n) is 17.0. The molecule has 31 heavy (non-hydrogen) atoms. The number of carbonyl (C=O) groups is 2. The van der Waals surface area contributed by atoms with Gasteiger partial charge in [0, 0.05) is 31.7 Å². The standard InChI is InChI=1S/C22H23FN2O6/c1-29-16-5-4-14(13-15(16)23)20(26)18-19(17-3-2-10-31-17)25(22(28)21(18)27)7-6-24-8-11-30-12-9-24/h2-5,10,13,19,26H,6-9,11-12H2,1H3. The number of morpholine rings is 1. The minimum Gasteiger partial charge on any atom is -0.507 e. The molecule has 2 saturated heterocycles. The van der Waals surface area contributed by atoms with E-state index in [1.165, 1.54) is 30.4 Å². The van der Waals surface area contributed by atoms with Crippen LogP contribution in [-0.4, -0.2) is 73.1 Å². The fourth-order valence-electron chi connectivity index (χ4n) is 3.90. The van der Waals surface area contributed by atoms with Crippen LogP contribution < -0.4 is 4.74 Å². The van der Waals surface area contributed by atoms with Crippen molar-refractivity contribution in [2.75, 3.05) is 46.5 Å². The van der Waals surface area contributed by atoms with E-state index in [-0.39, 0.29) is 23.4 Å². The third-order valence-corrected chi connectivity index (χ3v) is 5.54. The van der Waals surface area contributed by atoms with Gasteiger partial charge in [0.25, 0.3) is 11.7 Å². The number of nitrogens with zero attached hydrogens (tertiary/aromatic N) is 2. The van der Waals surface area contributed by atoms with Crippen LogP contribution in [0.1, 0.15) is 17.4 Å². The zero-order valence-corrected chi connectivity index (χ0v) is 17.0. The largest absolute Gasteiger partial charge is 0.507 e. The molecular weight excluding hydrogens is 407 g/mol. The molecule has 2 aliphatic heterocycles.